The van der Waals surface area contributed by atoms with Gasteiger partial charge in [-0.1, -0.05) is 20.3 Å². The molecule has 0 saturated carbocycles. The van der Waals surface area contributed by atoms with E-state index in [1.165, 1.54) is 6.33 Å². The number of aromatic nitrogens is 2. The van der Waals surface area contributed by atoms with Crippen molar-refractivity contribution in [3.8, 4) is 5.88 Å². The molecule has 0 aliphatic carbocycles. The van der Waals surface area contributed by atoms with Crippen LogP contribution in [0.25, 0.3) is 0 Å². The maximum atomic E-state index is 5.96. The van der Waals surface area contributed by atoms with Crippen molar-refractivity contribution in [2.75, 3.05) is 17.7 Å². The number of ether oxygens (including phenoxy) is 1. The second-order valence-corrected chi connectivity index (χ2v) is 3.91. The van der Waals surface area contributed by atoms with Crippen molar-refractivity contribution in [1.29, 1.82) is 0 Å². The topological polar surface area (TPSA) is 73.1 Å². The number of nitrogens with one attached hydrogen (secondary N) is 1. The van der Waals surface area contributed by atoms with Crippen molar-refractivity contribution in [2.24, 2.45) is 0 Å². The van der Waals surface area contributed by atoms with Gasteiger partial charge in [0.15, 0.2) is 5.82 Å². The minimum absolute atomic E-state index is 0.395. The fourth-order valence-corrected chi connectivity index (χ4v) is 1.67. The van der Waals surface area contributed by atoms with Crippen LogP contribution in [-0.2, 0) is 0 Å². The van der Waals surface area contributed by atoms with Crippen molar-refractivity contribution in [2.45, 2.75) is 46.1 Å². The van der Waals surface area contributed by atoms with Crippen LogP contribution >= 0.6 is 0 Å². The molecule has 1 aromatic heterocycles. The number of rotatable bonds is 7. The van der Waals surface area contributed by atoms with Crippen molar-refractivity contribution in [1.82, 2.24) is 9.97 Å². The Morgan fingerprint density at radius 3 is 2.71 bits per heavy atom. The number of hydrogen-bond donors (Lipinski definition) is 2. The number of nitrogens with two attached hydrogens (primary N) is 1. The first kappa shape index (κ1) is 13.5. The molecule has 3 N–H and O–H groups in total. The first-order chi connectivity index (χ1) is 8.22. The highest BCUT2D eigenvalue weighted by molar-refractivity contribution is 5.66. The Morgan fingerprint density at radius 2 is 2.12 bits per heavy atom. The van der Waals surface area contributed by atoms with Crippen LogP contribution in [0.4, 0.5) is 11.5 Å². The van der Waals surface area contributed by atoms with Gasteiger partial charge in [0.05, 0.1) is 6.61 Å². The van der Waals surface area contributed by atoms with E-state index in [2.05, 4.69) is 29.1 Å². The van der Waals surface area contributed by atoms with E-state index in [0.717, 1.165) is 19.3 Å². The molecule has 17 heavy (non-hydrogen) atoms. The second kappa shape index (κ2) is 6.93. The van der Waals surface area contributed by atoms with E-state index in [4.69, 9.17) is 10.5 Å². The lowest BCUT2D eigenvalue weighted by Gasteiger charge is -2.18. The Balaban J connectivity index is 2.79. The maximum Gasteiger partial charge on any atom is 0.242 e. The van der Waals surface area contributed by atoms with Gasteiger partial charge >= 0.3 is 0 Å². The summed E-state index contributed by atoms with van der Waals surface area (Å²) in [7, 11) is 0. The van der Waals surface area contributed by atoms with Gasteiger partial charge in [-0.2, -0.15) is 4.98 Å². The van der Waals surface area contributed by atoms with Gasteiger partial charge in [0.1, 0.15) is 12.0 Å². The van der Waals surface area contributed by atoms with E-state index in [1.54, 1.807) is 0 Å². The minimum Gasteiger partial charge on any atom is -0.476 e. The van der Waals surface area contributed by atoms with Gasteiger partial charge in [0, 0.05) is 6.04 Å². The number of nitrogens with zero attached hydrogens (tertiary/aromatic N) is 2. The van der Waals surface area contributed by atoms with Crippen LogP contribution in [-0.4, -0.2) is 22.6 Å². The molecule has 0 radical (unpaired) electrons. The van der Waals surface area contributed by atoms with Crippen molar-refractivity contribution >= 4 is 11.5 Å². The first-order valence-electron chi connectivity index (χ1n) is 6.22. The molecule has 1 aromatic rings. The Hall–Kier alpha value is -1.52. The first-order valence-corrected chi connectivity index (χ1v) is 6.22. The predicted octanol–water partition coefficient (Wildman–Crippen LogP) is 2.45. The summed E-state index contributed by atoms with van der Waals surface area (Å²) in [5, 5.41) is 3.34. The number of nitrogen functional groups attached to an aromatic ring is 1. The Labute approximate surface area is 103 Å². The maximum absolute atomic E-state index is 5.96. The summed E-state index contributed by atoms with van der Waals surface area (Å²) < 4.78 is 5.34. The van der Waals surface area contributed by atoms with Gasteiger partial charge in [-0.15, -0.1) is 0 Å². The Morgan fingerprint density at radius 1 is 1.35 bits per heavy atom. The molecule has 1 rings (SSSR count). The monoisotopic (exact) mass is 238 g/mol. The standard InChI is InChI=1S/C12H22N4O/c1-4-7-9(5-2)16-11-10(13)12(17-6-3)15-8-14-11/h8-9H,4-7,13H2,1-3H3,(H,14,15,16). The van der Waals surface area contributed by atoms with Crippen molar-refractivity contribution < 1.29 is 4.74 Å². The molecule has 0 saturated heterocycles. The zero-order valence-electron chi connectivity index (χ0n) is 10.9. The SMILES string of the molecule is CCCC(CC)Nc1ncnc(OCC)c1N. The van der Waals surface area contributed by atoms with Gasteiger partial charge < -0.3 is 15.8 Å². The van der Waals surface area contributed by atoms with Gasteiger partial charge in [-0.05, 0) is 19.8 Å². The molecule has 0 bridgehead atoms. The van der Waals surface area contributed by atoms with Gasteiger partial charge in [-0.25, -0.2) is 4.98 Å². The summed E-state index contributed by atoms with van der Waals surface area (Å²) in [6.07, 6.45) is 4.75. The Kier molecular flexibility index (Phi) is 5.52. The molecule has 0 aromatic carbocycles. The molecule has 5 nitrogen and oxygen atoms in total. The fourth-order valence-electron chi connectivity index (χ4n) is 1.67. The molecular formula is C12H22N4O. The highest BCUT2D eigenvalue weighted by Crippen LogP contribution is 2.25. The van der Waals surface area contributed by atoms with Crippen LogP contribution in [0.2, 0.25) is 0 Å². The average Bonchev–Trinajstić information content (AvgIpc) is 2.33. The molecule has 1 unspecified atom stereocenters. The lowest BCUT2D eigenvalue weighted by Crippen LogP contribution is -2.20. The molecule has 0 aliphatic rings. The quantitative estimate of drug-likeness (QED) is 0.763. The summed E-state index contributed by atoms with van der Waals surface area (Å²) in [6.45, 7) is 6.76. The van der Waals surface area contributed by atoms with Crippen LogP contribution in [0, 0.1) is 0 Å². The molecule has 0 fully saturated rings. The van der Waals surface area contributed by atoms with Crippen LogP contribution in [0.3, 0.4) is 0 Å². The molecule has 0 spiro atoms. The average molecular weight is 238 g/mol. The predicted molar refractivity (Wildman–Crippen MR) is 70.2 cm³/mol. The summed E-state index contributed by atoms with van der Waals surface area (Å²) in [6, 6.07) is 0.395. The third-order valence-corrected chi connectivity index (χ3v) is 2.60. The highest BCUT2D eigenvalue weighted by Gasteiger charge is 2.12. The lowest BCUT2D eigenvalue weighted by molar-refractivity contribution is 0.328. The van der Waals surface area contributed by atoms with Gasteiger partial charge in [-0.3, -0.25) is 0 Å². The fraction of sp³-hybridized carbons (Fsp3) is 0.667. The molecule has 0 amide bonds. The van der Waals surface area contributed by atoms with Crippen molar-refractivity contribution in [3.05, 3.63) is 6.33 Å². The second-order valence-electron chi connectivity index (χ2n) is 3.91. The summed E-state index contributed by atoms with van der Waals surface area (Å²) in [5.74, 6) is 1.13. The molecule has 1 heterocycles. The van der Waals surface area contributed by atoms with E-state index < -0.39 is 0 Å². The molecule has 1 atom stereocenters. The van der Waals surface area contributed by atoms with Gasteiger partial charge in [0.25, 0.3) is 0 Å². The molecule has 5 heteroatoms. The van der Waals surface area contributed by atoms with Crippen LogP contribution < -0.4 is 15.8 Å². The largest absolute Gasteiger partial charge is 0.476 e. The van der Waals surface area contributed by atoms with Crippen molar-refractivity contribution in [3.63, 3.8) is 0 Å². The molecular weight excluding hydrogens is 216 g/mol. The number of anilines is 2. The highest BCUT2D eigenvalue weighted by atomic mass is 16.5. The van der Waals surface area contributed by atoms with Crippen LogP contribution in [0.5, 0.6) is 5.88 Å². The normalized spacial score (nSPS) is 12.2. The van der Waals surface area contributed by atoms with E-state index in [9.17, 15) is 0 Å². The number of hydrogen-bond acceptors (Lipinski definition) is 5. The van der Waals surface area contributed by atoms with E-state index in [-0.39, 0.29) is 0 Å². The van der Waals surface area contributed by atoms with E-state index >= 15 is 0 Å². The minimum atomic E-state index is 0.395. The Bertz CT molecular complexity index is 343. The molecule has 0 aliphatic heterocycles. The van der Waals surface area contributed by atoms with Crippen LogP contribution in [0.15, 0.2) is 6.33 Å². The van der Waals surface area contributed by atoms with Crippen LogP contribution in [0.1, 0.15) is 40.0 Å². The third-order valence-electron chi connectivity index (χ3n) is 2.60. The zero-order valence-corrected chi connectivity index (χ0v) is 10.9. The summed E-state index contributed by atoms with van der Waals surface area (Å²) in [5.41, 5.74) is 6.45. The zero-order chi connectivity index (χ0) is 12.7. The van der Waals surface area contributed by atoms with E-state index in [1.807, 2.05) is 6.92 Å². The third kappa shape index (κ3) is 3.76. The lowest BCUT2D eigenvalue weighted by atomic mass is 10.1. The summed E-state index contributed by atoms with van der Waals surface area (Å²) >= 11 is 0. The van der Waals surface area contributed by atoms with E-state index in [0.29, 0.717) is 30.0 Å². The summed E-state index contributed by atoms with van der Waals surface area (Å²) in [4.78, 5) is 8.17. The molecule has 96 valence electrons. The smallest absolute Gasteiger partial charge is 0.242 e. The van der Waals surface area contributed by atoms with Gasteiger partial charge in [0.2, 0.25) is 5.88 Å².